The first-order valence-electron chi connectivity index (χ1n) is 23.6. The molecule has 25 nitrogen and oxygen atoms in total. The van der Waals surface area contributed by atoms with Gasteiger partial charge in [0.15, 0.2) is 5.96 Å². The molecule has 1 aromatic heterocycles. The Balaban J connectivity index is 1.94. The van der Waals surface area contributed by atoms with Gasteiger partial charge in [-0.3, -0.25) is 43.3 Å². The molecule has 9 atom stereocenters. The predicted octanol–water partition coefficient (Wildman–Crippen LogP) is -1.90. The van der Waals surface area contributed by atoms with Gasteiger partial charge in [0.1, 0.15) is 48.0 Å². The monoisotopic (exact) mass is 998 g/mol. The Morgan fingerprint density at radius 3 is 1.93 bits per heavy atom. The van der Waals surface area contributed by atoms with Crippen LogP contribution in [0.4, 0.5) is 0 Å². The molecule has 71 heavy (non-hydrogen) atoms. The molecule has 7 amide bonds. The van der Waals surface area contributed by atoms with Crippen molar-refractivity contribution in [1.82, 2.24) is 46.8 Å². The summed E-state index contributed by atoms with van der Waals surface area (Å²) < 4.78 is 0. The number of aromatic amines is 1. The average Bonchev–Trinajstić information content (AvgIpc) is 4.02. The molecule has 25 heteroatoms. The second-order valence-corrected chi connectivity index (χ2v) is 18.3. The molecular weight excluding hydrogens is 927 g/mol. The first kappa shape index (κ1) is 58.0. The molecule has 0 radical (unpaired) electrons. The fourth-order valence-electron chi connectivity index (χ4n) is 7.76. The maximum Gasteiger partial charge on any atom is 0.326 e. The molecule has 0 bridgehead atoms. The summed E-state index contributed by atoms with van der Waals surface area (Å²) in [6, 6.07) is -4.62. The van der Waals surface area contributed by atoms with Gasteiger partial charge < -0.3 is 74.3 Å². The number of benzene rings is 1. The number of aliphatic carboxylic acids is 2. The molecule has 2 heterocycles. The predicted molar refractivity (Wildman–Crippen MR) is 257 cm³/mol. The van der Waals surface area contributed by atoms with E-state index >= 15 is 0 Å². The smallest absolute Gasteiger partial charge is 0.326 e. The number of hydrogen-bond acceptors (Lipinski definition) is 13. The van der Waals surface area contributed by atoms with Crippen LogP contribution in [0.25, 0.3) is 0 Å². The van der Waals surface area contributed by atoms with Crippen LogP contribution < -0.4 is 49.1 Å². The largest absolute Gasteiger partial charge is 0.508 e. The molecular formula is C46H71N13O12. The number of carboxylic acid groups (broad SMARTS) is 2. The Morgan fingerprint density at radius 1 is 0.775 bits per heavy atom. The van der Waals surface area contributed by atoms with Crippen molar-refractivity contribution in [2.24, 2.45) is 39.9 Å². The molecule has 0 unspecified atom stereocenters. The highest BCUT2D eigenvalue weighted by Gasteiger charge is 2.41. The van der Waals surface area contributed by atoms with Crippen LogP contribution in [0.5, 0.6) is 5.75 Å². The van der Waals surface area contributed by atoms with Crippen molar-refractivity contribution in [3.8, 4) is 5.75 Å². The first-order valence-corrected chi connectivity index (χ1v) is 23.6. The van der Waals surface area contributed by atoms with Crippen molar-refractivity contribution in [2.45, 2.75) is 141 Å². The van der Waals surface area contributed by atoms with E-state index in [-0.39, 0.29) is 56.9 Å². The van der Waals surface area contributed by atoms with E-state index in [4.69, 9.17) is 22.3 Å². The molecule has 1 aliphatic rings. The maximum atomic E-state index is 14.5. The number of H-pyrrole nitrogens is 1. The van der Waals surface area contributed by atoms with Crippen molar-refractivity contribution in [3.05, 3.63) is 48.0 Å². The van der Waals surface area contributed by atoms with Gasteiger partial charge in [-0.1, -0.05) is 60.1 Å². The number of aromatic nitrogens is 2. The lowest BCUT2D eigenvalue weighted by Crippen LogP contribution is -2.62. The van der Waals surface area contributed by atoms with Crippen molar-refractivity contribution < 1.29 is 58.5 Å². The number of carboxylic acids is 2. The number of imidazole rings is 1. The zero-order valence-electron chi connectivity index (χ0n) is 41.0. The average molecular weight is 998 g/mol. The first-order chi connectivity index (χ1) is 33.4. The third kappa shape index (κ3) is 18.2. The van der Waals surface area contributed by atoms with Crippen molar-refractivity contribution in [2.75, 3.05) is 13.1 Å². The number of rotatable bonds is 28. The number of likely N-dealkylation sites (tertiary alicyclic amines) is 1. The molecule has 0 aliphatic carbocycles. The van der Waals surface area contributed by atoms with E-state index in [0.717, 1.165) is 0 Å². The van der Waals surface area contributed by atoms with Gasteiger partial charge in [0.05, 0.1) is 18.8 Å². The normalized spacial score (nSPS) is 16.7. The highest BCUT2D eigenvalue weighted by molar-refractivity contribution is 5.98. The van der Waals surface area contributed by atoms with Crippen LogP contribution >= 0.6 is 0 Å². The molecule has 1 fully saturated rings. The van der Waals surface area contributed by atoms with Gasteiger partial charge in [-0.2, -0.15) is 0 Å². The Labute approximate surface area is 411 Å². The van der Waals surface area contributed by atoms with Crippen LogP contribution in [-0.4, -0.2) is 151 Å². The summed E-state index contributed by atoms with van der Waals surface area (Å²) in [6.45, 7) is 10.2. The highest BCUT2D eigenvalue weighted by atomic mass is 16.4. The van der Waals surface area contributed by atoms with Crippen LogP contribution in [0.15, 0.2) is 41.8 Å². The summed E-state index contributed by atoms with van der Waals surface area (Å²) in [5.74, 6) is -10.00. The minimum absolute atomic E-state index is 0.0562. The quantitative estimate of drug-likeness (QED) is 0.0252. The lowest BCUT2D eigenvalue weighted by Gasteiger charge is -2.32. The molecule has 0 spiro atoms. The Bertz CT molecular complexity index is 2180. The van der Waals surface area contributed by atoms with Crippen LogP contribution in [-0.2, 0) is 56.0 Å². The van der Waals surface area contributed by atoms with Crippen molar-refractivity contribution >= 4 is 59.2 Å². The van der Waals surface area contributed by atoms with Crippen molar-refractivity contribution in [3.63, 3.8) is 0 Å². The molecule has 2 aromatic rings. The summed E-state index contributed by atoms with van der Waals surface area (Å²) in [6.07, 6.45) is 2.99. The van der Waals surface area contributed by atoms with Gasteiger partial charge in [0.25, 0.3) is 0 Å². The second-order valence-electron chi connectivity index (χ2n) is 18.3. The third-order valence-electron chi connectivity index (χ3n) is 12.0. The van der Waals surface area contributed by atoms with Gasteiger partial charge >= 0.3 is 11.9 Å². The summed E-state index contributed by atoms with van der Waals surface area (Å²) in [4.78, 5) is 133. The van der Waals surface area contributed by atoms with Crippen LogP contribution in [0.3, 0.4) is 0 Å². The van der Waals surface area contributed by atoms with Gasteiger partial charge in [0, 0.05) is 37.8 Å². The number of phenolic OH excluding ortho intramolecular Hbond substituents is 1. The summed E-state index contributed by atoms with van der Waals surface area (Å²) in [5, 5.41) is 44.7. The van der Waals surface area contributed by atoms with E-state index in [0.29, 0.717) is 24.1 Å². The third-order valence-corrected chi connectivity index (χ3v) is 12.0. The number of nitrogens with two attached hydrogens (primary N) is 3. The van der Waals surface area contributed by atoms with Gasteiger partial charge in [-0.25, -0.2) is 9.78 Å². The fourth-order valence-corrected chi connectivity index (χ4v) is 7.76. The zero-order chi connectivity index (χ0) is 53.1. The number of aliphatic imine (C=N–C) groups is 1. The molecule has 392 valence electrons. The topological polar surface area (TPSA) is 409 Å². The summed E-state index contributed by atoms with van der Waals surface area (Å²) >= 11 is 0. The van der Waals surface area contributed by atoms with Crippen LogP contribution in [0.2, 0.25) is 0 Å². The number of nitrogens with one attached hydrogen (secondary N) is 7. The molecule has 1 aliphatic heterocycles. The lowest BCUT2D eigenvalue weighted by atomic mass is 9.96. The lowest BCUT2D eigenvalue weighted by molar-refractivity contribution is -0.146. The number of hydrogen-bond donors (Lipinski definition) is 13. The number of nitrogens with zero attached hydrogens (tertiary/aromatic N) is 3. The maximum absolute atomic E-state index is 14.5. The summed E-state index contributed by atoms with van der Waals surface area (Å²) in [7, 11) is 0. The second kappa shape index (κ2) is 27.8. The zero-order valence-corrected chi connectivity index (χ0v) is 41.0. The summed E-state index contributed by atoms with van der Waals surface area (Å²) in [5.41, 5.74) is 17.5. The highest BCUT2D eigenvalue weighted by Crippen LogP contribution is 2.21. The van der Waals surface area contributed by atoms with Gasteiger partial charge in [-0.15, -0.1) is 0 Å². The number of amides is 7. The van der Waals surface area contributed by atoms with Crippen LogP contribution in [0, 0.1) is 17.8 Å². The minimum Gasteiger partial charge on any atom is -0.508 e. The SMILES string of the molecule is CC[C@H](C)[C@H](NC(=O)[C@H](Cc1ccc(O)cc1)NC(=O)[C@@H](NC(=O)[C@H](CCCN=C(N)N)NC(=O)[C@@H](N)CC(=O)O)C(C)C)C(=O)N[C@@H](Cc1cnc[nH]1)C(=O)N1CCC[C@H]1C(=O)N[C@H](C(=O)O)C(C)C. The molecule has 1 aromatic carbocycles. The number of carbonyl (C=O) groups excluding carboxylic acids is 7. The van der Waals surface area contributed by atoms with E-state index < -0.39 is 126 Å². The van der Waals surface area contributed by atoms with E-state index in [1.165, 1.54) is 41.7 Å². The number of guanidine groups is 1. The van der Waals surface area contributed by atoms with Crippen molar-refractivity contribution in [1.29, 1.82) is 0 Å². The Hall–Kier alpha value is -7.31. The standard InChI is InChI=1S/C46H71N13O12/c1-7-25(6)37(43(68)55-32(19-27-21-50-22-52-27)44(69)59-17-9-11-33(59)41(66)57-36(24(4)5)45(70)71)58-40(65)31(18-26-12-14-28(60)15-13-26)54-42(67)35(23(2)3)56-39(64)30(10-8-16-51-46(48)49)53-38(63)29(47)20-34(61)62/h12-15,21-25,29-33,35-37,60H,7-11,16-20,47H2,1-6H3,(H,50,52)(H,53,63)(H,54,67)(H,55,68)(H,56,64)(H,57,66)(H,58,65)(H,61,62)(H,70,71)(H4,48,49,51)/t25-,29-,30-,31-,32-,33-,35-,36-,37-/m0/s1. The minimum atomic E-state index is -1.51. The van der Waals surface area contributed by atoms with E-state index in [2.05, 4.69) is 46.9 Å². The Morgan fingerprint density at radius 2 is 1.37 bits per heavy atom. The van der Waals surface area contributed by atoms with Crippen LogP contribution in [0.1, 0.15) is 91.3 Å². The number of carbonyl (C=O) groups is 9. The molecule has 0 saturated carbocycles. The van der Waals surface area contributed by atoms with E-state index in [1.54, 1.807) is 41.5 Å². The molecule has 1 saturated heterocycles. The van der Waals surface area contributed by atoms with E-state index in [9.17, 15) is 53.4 Å². The fraction of sp³-hybridized carbons (Fsp3) is 0.587. The number of phenols is 1. The Kier molecular flexibility index (Phi) is 22.7. The number of aromatic hydroxyl groups is 1. The van der Waals surface area contributed by atoms with Gasteiger partial charge in [0.2, 0.25) is 41.4 Å². The van der Waals surface area contributed by atoms with E-state index in [1.807, 2.05) is 0 Å². The van der Waals surface area contributed by atoms with Gasteiger partial charge in [-0.05, 0) is 61.1 Å². The molecule has 16 N–H and O–H groups in total. The molecule has 3 rings (SSSR count).